The summed E-state index contributed by atoms with van der Waals surface area (Å²) in [5, 5.41) is 0. The van der Waals surface area contributed by atoms with Crippen molar-refractivity contribution in [2.24, 2.45) is 0 Å². The van der Waals surface area contributed by atoms with E-state index < -0.39 is 0 Å². The molecule has 3 aliphatic rings. The summed E-state index contributed by atoms with van der Waals surface area (Å²) in [5.41, 5.74) is 10.7. The van der Waals surface area contributed by atoms with Crippen LogP contribution in [0.1, 0.15) is 43.6 Å². The van der Waals surface area contributed by atoms with Crippen LogP contribution in [0.25, 0.3) is 0 Å². The van der Waals surface area contributed by atoms with Crippen molar-refractivity contribution in [3.63, 3.8) is 0 Å². The van der Waals surface area contributed by atoms with Gasteiger partial charge in [-0.15, -0.1) is 0 Å². The van der Waals surface area contributed by atoms with Gasteiger partial charge in [-0.05, 0) is 114 Å². The molecule has 2 aliphatic heterocycles. The molecule has 2 heterocycles. The van der Waals surface area contributed by atoms with Crippen molar-refractivity contribution in [3.8, 4) is 0 Å². The number of hydrogen-bond donors (Lipinski definition) is 0. The van der Waals surface area contributed by atoms with Crippen LogP contribution in [0.3, 0.4) is 0 Å². The Morgan fingerprint density at radius 2 is 1.12 bits per heavy atom. The average molecular weight is 538 g/mol. The lowest BCUT2D eigenvalue weighted by atomic mass is 9.33. The number of anilines is 6. The first-order valence-corrected chi connectivity index (χ1v) is 14.6. The number of hydrogen-bond acceptors (Lipinski definition) is 2. The minimum absolute atomic E-state index is 0.127. The Balaban J connectivity index is 1.34. The molecule has 8 rings (SSSR count). The van der Waals surface area contributed by atoms with Gasteiger partial charge in [-0.1, -0.05) is 55.7 Å². The molecule has 0 atom stereocenters. The molecule has 1 fully saturated rings. The van der Waals surface area contributed by atoms with Gasteiger partial charge in [-0.3, -0.25) is 0 Å². The van der Waals surface area contributed by atoms with E-state index in [0.29, 0.717) is 5.92 Å². The van der Waals surface area contributed by atoms with E-state index in [1.165, 1.54) is 55.9 Å². The molecule has 0 aromatic heterocycles. The molecule has 0 saturated heterocycles. The summed E-state index contributed by atoms with van der Waals surface area (Å²) in [4.78, 5) is 4.49. The molecule has 0 amide bonds. The zero-order chi connectivity index (χ0) is 27.5. The van der Waals surface area contributed by atoms with Crippen molar-refractivity contribution in [3.05, 3.63) is 126 Å². The largest absolute Gasteiger partial charge is 0.311 e. The number of halogens is 2. The van der Waals surface area contributed by atoms with Crippen LogP contribution in [0, 0.1) is 11.6 Å². The van der Waals surface area contributed by atoms with Crippen LogP contribution in [-0.4, -0.2) is 6.71 Å². The molecule has 2 nitrogen and oxygen atoms in total. The number of fused-ring (bicyclic) bond motifs is 4. The highest BCUT2D eigenvalue weighted by atomic mass is 19.1. The standard InChI is InChI=1S/C36H29BF2N2/c38-26-15-20-29(21-16-26)41-33-22-17-27(39)23-31(33)37-30-9-4-5-10-32(30)40(34-11-6-12-35(41)36(34)37)28-18-13-25(14-19-28)24-7-2-1-3-8-24/h4-6,9-24H,1-3,7-8H2. The van der Waals surface area contributed by atoms with Crippen molar-refractivity contribution in [2.45, 2.75) is 38.0 Å². The van der Waals surface area contributed by atoms with Gasteiger partial charge >= 0.3 is 0 Å². The van der Waals surface area contributed by atoms with Crippen LogP contribution in [0.5, 0.6) is 0 Å². The molecular weight excluding hydrogens is 509 g/mol. The zero-order valence-electron chi connectivity index (χ0n) is 22.7. The van der Waals surface area contributed by atoms with E-state index >= 15 is 0 Å². The molecule has 5 aromatic rings. The summed E-state index contributed by atoms with van der Waals surface area (Å²) in [6, 6.07) is 35.6. The summed E-state index contributed by atoms with van der Waals surface area (Å²) < 4.78 is 28.9. The quantitative estimate of drug-likeness (QED) is 0.210. The lowest BCUT2D eigenvalue weighted by molar-refractivity contribution is 0.443. The van der Waals surface area contributed by atoms with Crippen molar-refractivity contribution in [1.29, 1.82) is 0 Å². The first-order chi connectivity index (χ1) is 20.2. The summed E-state index contributed by atoms with van der Waals surface area (Å²) in [5.74, 6) is 0.104. The molecule has 5 aromatic carbocycles. The average Bonchev–Trinajstić information content (AvgIpc) is 3.02. The number of rotatable bonds is 3. The molecule has 0 spiro atoms. The van der Waals surface area contributed by atoms with Crippen LogP contribution in [0.15, 0.2) is 109 Å². The molecule has 1 aliphatic carbocycles. The van der Waals surface area contributed by atoms with Gasteiger partial charge in [-0.25, -0.2) is 8.78 Å². The topological polar surface area (TPSA) is 6.48 Å². The molecule has 5 heteroatoms. The van der Waals surface area contributed by atoms with Crippen molar-refractivity contribution >= 4 is 57.2 Å². The first kappa shape index (κ1) is 24.4. The van der Waals surface area contributed by atoms with Gasteiger partial charge in [0.25, 0.3) is 6.71 Å². The molecule has 41 heavy (non-hydrogen) atoms. The second-order valence-electron chi connectivity index (χ2n) is 11.5. The van der Waals surface area contributed by atoms with Crippen molar-refractivity contribution in [2.75, 3.05) is 9.80 Å². The third-order valence-corrected chi connectivity index (χ3v) is 9.17. The SMILES string of the molecule is Fc1ccc(N2c3ccc(F)cc3B3c4ccccc4N(c4ccc(C5CCCCC5)cc4)c4cccc2c43)cc1. The first-order valence-electron chi connectivity index (χ1n) is 14.6. The lowest BCUT2D eigenvalue weighted by Gasteiger charge is -2.44. The maximum Gasteiger partial charge on any atom is 0.252 e. The van der Waals surface area contributed by atoms with E-state index in [4.69, 9.17) is 0 Å². The van der Waals surface area contributed by atoms with Gasteiger partial charge in [0.1, 0.15) is 11.6 Å². The number of nitrogens with zero attached hydrogens (tertiary/aromatic N) is 2. The maximum absolute atomic E-state index is 14.9. The molecular formula is C36H29BF2N2. The highest BCUT2D eigenvalue weighted by Crippen LogP contribution is 2.44. The number of benzene rings is 5. The van der Waals surface area contributed by atoms with Crippen LogP contribution in [-0.2, 0) is 0 Å². The Bertz CT molecular complexity index is 1760. The smallest absolute Gasteiger partial charge is 0.252 e. The molecule has 0 radical (unpaired) electrons. The van der Waals surface area contributed by atoms with E-state index in [0.717, 1.165) is 50.5 Å². The summed E-state index contributed by atoms with van der Waals surface area (Å²) in [7, 11) is 0. The van der Waals surface area contributed by atoms with Gasteiger partial charge in [0.2, 0.25) is 0 Å². The van der Waals surface area contributed by atoms with Gasteiger partial charge in [0.05, 0.1) is 0 Å². The normalized spacial score (nSPS) is 15.8. The molecule has 0 N–H and O–H groups in total. The Hall–Kier alpha value is -4.38. The van der Waals surface area contributed by atoms with E-state index in [1.54, 1.807) is 18.2 Å². The van der Waals surface area contributed by atoms with Crippen LogP contribution in [0.2, 0.25) is 0 Å². The minimum atomic E-state index is -0.283. The predicted molar refractivity (Wildman–Crippen MR) is 166 cm³/mol. The van der Waals surface area contributed by atoms with Crippen molar-refractivity contribution in [1.82, 2.24) is 0 Å². The Morgan fingerprint density at radius 1 is 0.537 bits per heavy atom. The van der Waals surface area contributed by atoms with Gasteiger partial charge < -0.3 is 9.80 Å². The van der Waals surface area contributed by atoms with Crippen LogP contribution in [0.4, 0.5) is 42.9 Å². The van der Waals surface area contributed by atoms with E-state index in [9.17, 15) is 8.78 Å². The lowest BCUT2D eigenvalue weighted by Crippen LogP contribution is -2.61. The Kier molecular flexibility index (Phi) is 5.73. The summed E-state index contributed by atoms with van der Waals surface area (Å²) in [6.45, 7) is -0.127. The van der Waals surface area contributed by atoms with E-state index in [2.05, 4.69) is 76.5 Å². The summed E-state index contributed by atoms with van der Waals surface area (Å²) in [6.07, 6.45) is 6.53. The predicted octanol–water partition coefficient (Wildman–Crippen LogP) is 8.10. The molecule has 0 unspecified atom stereocenters. The molecule has 1 saturated carbocycles. The van der Waals surface area contributed by atoms with Crippen molar-refractivity contribution < 1.29 is 8.78 Å². The molecule has 0 bridgehead atoms. The highest BCUT2D eigenvalue weighted by molar-refractivity contribution is 7.00. The fraction of sp³-hybridized carbons (Fsp3) is 0.167. The maximum atomic E-state index is 14.9. The second kappa shape index (κ2) is 9.62. The third kappa shape index (κ3) is 3.90. The number of para-hydroxylation sites is 1. The monoisotopic (exact) mass is 538 g/mol. The van der Waals surface area contributed by atoms with E-state index in [1.807, 2.05) is 6.07 Å². The Morgan fingerprint density at radius 3 is 1.83 bits per heavy atom. The van der Waals surface area contributed by atoms with Gasteiger partial charge in [0.15, 0.2) is 0 Å². The fourth-order valence-corrected chi connectivity index (χ4v) is 7.34. The van der Waals surface area contributed by atoms with Gasteiger partial charge in [0, 0.05) is 34.1 Å². The second-order valence-corrected chi connectivity index (χ2v) is 11.5. The van der Waals surface area contributed by atoms with E-state index in [-0.39, 0.29) is 18.3 Å². The Labute approximate surface area is 240 Å². The summed E-state index contributed by atoms with van der Waals surface area (Å²) >= 11 is 0. The van der Waals surface area contributed by atoms with Crippen LogP contribution < -0.4 is 26.2 Å². The minimum Gasteiger partial charge on any atom is -0.311 e. The third-order valence-electron chi connectivity index (χ3n) is 9.17. The van der Waals surface area contributed by atoms with Gasteiger partial charge in [-0.2, -0.15) is 0 Å². The zero-order valence-corrected chi connectivity index (χ0v) is 22.7. The van der Waals surface area contributed by atoms with Crippen LogP contribution >= 0.6 is 0 Å². The fourth-order valence-electron chi connectivity index (χ4n) is 7.34. The molecule has 200 valence electrons. The highest BCUT2D eigenvalue weighted by Gasteiger charge is 2.43.